The maximum atomic E-state index is 5.30. The number of rotatable bonds is 9. The third kappa shape index (κ3) is 7.77. The van der Waals surface area contributed by atoms with Crippen molar-refractivity contribution in [3.05, 3.63) is 12.8 Å². The molecule has 0 N–H and O–H groups in total. The number of methoxy groups -OCH3 is 1. The summed E-state index contributed by atoms with van der Waals surface area (Å²) < 4.78 is 20.3. The van der Waals surface area contributed by atoms with Crippen molar-refractivity contribution < 1.29 is 18.9 Å². The van der Waals surface area contributed by atoms with E-state index in [4.69, 9.17) is 18.9 Å². The Morgan fingerprint density at radius 2 is 2.08 bits per heavy atom. The standard InChI is InChI=1S/C9H18O4/c1-4-11-8-9(12-5-2)13-7-6-10-3/h4,9H,1,5-8H2,2-3H3. The molecule has 0 saturated heterocycles. The highest BCUT2D eigenvalue weighted by Crippen LogP contribution is 1.96. The van der Waals surface area contributed by atoms with Crippen molar-refractivity contribution >= 4 is 0 Å². The van der Waals surface area contributed by atoms with Crippen molar-refractivity contribution in [2.75, 3.05) is 33.5 Å². The molecule has 0 aromatic rings. The van der Waals surface area contributed by atoms with Gasteiger partial charge in [-0.05, 0) is 6.92 Å². The van der Waals surface area contributed by atoms with Gasteiger partial charge in [-0.1, -0.05) is 6.58 Å². The summed E-state index contributed by atoms with van der Waals surface area (Å²) >= 11 is 0. The topological polar surface area (TPSA) is 36.9 Å². The van der Waals surface area contributed by atoms with Crippen LogP contribution in [0.25, 0.3) is 0 Å². The molecule has 0 aliphatic carbocycles. The summed E-state index contributed by atoms with van der Waals surface area (Å²) in [4.78, 5) is 0. The molecular formula is C9H18O4. The Labute approximate surface area is 79.4 Å². The van der Waals surface area contributed by atoms with E-state index in [0.29, 0.717) is 26.4 Å². The van der Waals surface area contributed by atoms with E-state index >= 15 is 0 Å². The fourth-order valence-corrected chi connectivity index (χ4v) is 0.740. The zero-order valence-corrected chi connectivity index (χ0v) is 8.32. The number of hydrogen-bond acceptors (Lipinski definition) is 4. The first-order chi connectivity index (χ1) is 6.35. The highest BCUT2D eigenvalue weighted by Gasteiger charge is 2.07. The van der Waals surface area contributed by atoms with E-state index in [2.05, 4.69) is 6.58 Å². The maximum absolute atomic E-state index is 5.30. The Bertz CT molecular complexity index is 116. The van der Waals surface area contributed by atoms with Gasteiger partial charge in [0.15, 0.2) is 6.29 Å². The summed E-state index contributed by atoms with van der Waals surface area (Å²) in [6, 6.07) is 0. The van der Waals surface area contributed by atoms with Crippen LogP contribution in [-0.2, 0) is 18.9 Å². The van der Waals surface area contributed by atoms with E-state index in [-0.39, 0.29) is 6.29 Å². The molecule has 0 radical (unpaired) electrons. The van der Waals surface area contributed by atoms with Crippen molar-refractivity contribution in [1.82, 2.24) is 0 Å². The average molecular weight is 190 g/mol. The molecule has 4 heteroatoms. The molecule has 78 valence electrons. The maximum Gasteiger partial charge on any atom is 0.191 e. The van der Waals surface area contributed by atoms with Gasteiger partial charge in [-0.2, -0.15) is 0 Å². The first-order valence-corrected chi connectivity index (χ1v) is 4.29. The van der Waals surface area contributed by atoms with Gasteiger partial charge in [0.25, 0.3) is 0 Å². The Balaban J connectivity index is 3.46. The SMILES string of the molecule is C=COCC(OCC)OCCOC. The summed E-state index contributed by atoms with van der Waals surface area (Å²) in [5.74, 6) is 0. The van der Waals surface area contributed by atoms with Gasteiger partial charge in [0.1, 0.15) is 6.61 Å². The molecule has 1 atom stereocenters. The summed E-state index contributed by atoms with van der Waals surface area (Å²) in [7, 11) is 1.62. The summed E-state index contributed by atoms with van der Waals surface area (Å²) in [5.41, 5.74) is 0. The Morgan fingerprint density at radius 1 is 1.31 bits per heavy atom. The molecule has 4 nitrogen and oxygen atoms in total. The van der Waals surface area contributed by atoms with Crippen molar-refractivity contribution in [2.45, 2.75) is 13.2 Å². The van der Waals surface area contributed by atoms with E-state index in [1.54, 1.807) is 7.11 Å². The van der Waals surface area contributed by atoms with Gasteiger partial charge in [-0.25, -0.2) is 0 Å². The third-order valence-electron chi connectivity index (χ3n) is 1.29. The second-order valence-electron chi connectivity index (χ2n) is 2.25. The predicted molar refractivity (Wildman–Crippen MR) is 49.4 cm³/mol. The molecule has 0 amide bonds. The lowest BCUT2D eigenvalue weighted by molar-refractivity contribution is -0.166. The Kier molecular flexibility index (Phi) is 9.08. The second kappa shape index (κ2) is 9.51. The molecule has 1 unspecified atom stereocenters. The molecular weight excluding hydrogens is 172 g/mol. The monoisotopic (exact) mass is 190 g/mol. The van der Waals surface area contributed by atoms with Crippen LogP contribution in [0.1, 0.15) is 6.92 Å². The molecule has 0 aliphatic rings. The molecule has 0 heterocycles. The van der Waals surface area contributed by atoms with Crippen molar-refractivity contribution in [1.29, 1.82) is 0 Å². The lowest BCUT2D eigenvalue weighted by Gasteiger charge is -2.16. The van der Waals surface area contributed by atoms with Crippen LogP contribution >= 0.6 is 0 Å². The minimum absolute atomic E-state index is 0.335. The van der Waals surface area contributed by atoms with Crippen LogP contribution in [0.3, 0.4) is 0 Å². The van der Waals surface area contributed by atoms with Crippen LogP contribution in [-0.4, -0.2) is 39.8 Å². The molecule has 13 heavy (non-hydrogen) atoms. The molecule has 0 saturated carbocycles. The quantitative estimate of drug-likeness (QED) is 0.311. The number of hydrogen-bond donors (Lipinski definition) is 0. The molecule has 0 aromatic carbocycles. The van der Waals surface area contributed by atoms with Gasteiger partial charge in [-0.3, -0.25) is 0 Å². The van der Waals surface area contributed by atoms with Crippen LogP contribution < -0.4 is 0 Å². The van der Waals surface area contributed by atoms with Crippen molar-refractivity contribution in [3.63, 3.8) is 0 Å². The van der Waals surface area contributed by atoms with Gasteiger partial charge < -0.3 is 18.9 Å². The molecule has 0 rings (SSSR count). The molecule has 0 bridgehead atoms. The molecule has 0 aromatic heterocycles. The van der Waals surface area contributed by atoms with Crippen molar-refractivity contribution in [3.8, 4) is 0 Å². The van der Waals surface area contributed by atoms with Crippen LogP contribution in [0.15, 0.2) is 12.8 Å². The zero-order chi connectivity index (χ0) is 9.94. The summed E-state index contributed by atoms with van der Waals surface area (Å²) in [6.07, 6.45) is 1.03. The highest BCUT2D eigenvalue weighted by atomic mass is 16.7. The Hall–Kier alpha value is -0.580. The predicted octanol–water partition coefficient (Wildman–Crippen LogP) is 1.17. The van der Waals surface area contributed by atoms with E-state index < -0.39 is 0 Å². The van der Waals surface area contributed by atoms with Crippen LogP contribution in [0.5, 0.6) is 0 Å². The first-order valence-electron chi connectivity index (χ1n) is 4.29. The van der Waals surface area contributed by atoms with Crippen molar-refractivity contribution in [2.24, 2.45) is 0 Å². The highest BCUT2D eigenvalue weighted by molar-refractivity contribution is 4.51. The van der Waals surface area contributed by atoms with Crippen LogP contribution in [0, 0.1) is 0 Å². The number of ether oxygens (including phenoxy) is 4. The van der Waals surface area contributed by atoms with E-state index in [9.17, 15) is 0 Å². The molecule has 0 aliphatic heterocycles. The molecule has 0 fully saturated rings. The largest absolute Gasteiger partial charge is 0.497 e. The minimum Gasteiger partial charge on any atom is -0.497 e. The fraction of sp³-hybridized carbons (Fsp3) is 0.778. The van der Waals surface area contributed by atoms with Gasteiger partial charge in [0, 0.05) is 13.7 Å². The molecule has 0 spiro atoms. The van der Waals surface area contributed by atoms with Gasteiger partial charge in [0.2, 0.25) is 0 Å². The minimum atomic E-state index is -0.335. The summed E-state index contributed by atoms with van der Waals surface area (Å²) in [5, 5.41) is 0. The Morgan fingerprint density at radius 3 is 2.62 bits per heavy atom. The normalized spacial score (nSPS) is 12.5. The lowest BCUT2D eigenvalue weighted by Crippen LogP contribution is -2.24. The smallest absolute Gasteiger partial charge is 0.191 e. The van der Waals surface area contributed by atoms with Gasteiger partial charge in [-0.15, -0.1) is 0 Å². The van der Waals surface area contributed by atoms with Crippen LogP contribution in [0.2, 0.25) is 0 Å². The second-order valence-corrected chi connectivity index (χ2v) is 2.25. The lowest BCUT2D eigenvalue weighted by atomic mass is 10.6. The van der Waals surface area contributed by atoms with Gasteiger partial charge in [0.05, 0.1) is 19.5 Å². The van der Waals surface area contributed by atoms with Gasteiger partial charge >= 0.3 is 0 Å². The van der Waals surface area contributed by atoms with E-state index in [0.717, 1.165) is 0 Å². The zero-order valence-electron chi connectivity index (χ0n) is 8.32. The van der Waals surface area contributed by atoms with E-state index in [1.165, 1.54) is 6.26 Å². The average Bonchev–Trinajstić information content (AvgIpc) is 2.14. The third-order valence-corrected chi connectivity index (χ3v) is 1.29. The summed E-state index contributed by atoms with van der Waals surface area (Å²) in [6.45, 7) is 7.35. The fourth-order valence-electron chi connectivity index (χ4n) is 0.740. The first kappa shape index (κ1) is 12.4. The van der Waals surface area contributed by atoms with Crippen LogP contribution in [0.4, 0.5) is 0 Å². The van der Waals surface area contributed by atoms with E-state index in [1.807, 2.05) is 6.92 Å².